The van der Waals surface area contributed by atoms with E-state index in [2.05, 4.69) is 32.8 Å². The molecule has 0 saturated carbocycles. The van der Waals surface area contributed by atoms with Crippen molar-refractivity contribution >= 4 is 35.1 Å². The number of carbonyl (C=O) groups is 5. The van der Waals surface area contributed by atoms with E-state index in [0.717, 1.165) is 43.0 Å². The lowest BCUT2D eigenvalue weighted by Crippen LogP contribution is -2.52. The molecular formula is C29H36N6O5. The molecule has 2 aromatic carbocycles. The van der Waals surface area contributed by atoms with Crippen molar-refractivity contribution in [3.63, 3.8) is 0 Å². The number of likely N-dealkylation sites (N-methyl/N-ethyl adjacent to an activating group) is 1. The van der Waals surface area contributed by atoms with Gasteiger partial charge in [0.1, 0.15) is 12.1 Å². The van der Waals surface area contributed by atoms with Gasteiger partial charge in [0, 0.05) is 50.5 Å². The molecule has 0 spiro atoms. The van der Waals surface area contributed by atoms with E-state index in [1.54, 1.807) is 19.1 Å². The van der Waals surface area contributed by atoms with Gasteiger partial charge in [-0.3, -0.25) is 24.0 Å². The number of hydrogen-bond acceptors (Lipinski definition) is 7. The highest BCUT2D eigenvalue weighted by atomic mass is 16.2. The van der Waals surface area contributed by atoms with Crippen molar-refractivity contribution in [2.24, 2.45) is 0 Å². The predicted molar refractivity (Wildman–Crippen MR) is 149 cm³/mol. The second-order valence-electron chi connectivity index (χ2n) is 10.3. The van der Waals surface area contributed by atoms with Crippen LogP contribution in [0.2, 0.25) is 0 Å². The van der Waals surface area contributed by atoms with Crippen LogP contribution < -0.4 is 20.9 Å². The van der Waals surface area contributed by atoms with Gasteiger partial charge >= 0.3 is 0 Å². The molecule has 0 radical (unpaired) electrons. The van der Waals surface area contributed by atoms with Crippen LogP contribution in [0.25, 0.3) is 0 Å². The molecule has 3 N–H and O–H groups in total. The Morgan fingerprint density at radius 2 is 1.55 bits per heavy atom. The number of benzene rings is 2. The Labute approximate surface area is 233 Å². The molecule has 1 saturated heterocycles. The fourth-order valence-corrected chi connectivity index (χ4v) is 4.70. The lowest BCUT2D eigenvalue weighted by Gasteiger charge is -2.34. The first-order chi connectivity index (χ1) is 19.1. The Balaban J connectivity index is 1.17. The molecular weight excluding hydrogens is 512 g/mol. The summed E-state index contributed by atoms with van der Waals surface area (Å²) in [4.78, 5) is 68.3. The van der Waals surface area contributed by atoms with Crippen LogP contribution in [0, 0.1) is 0 Å². The first-order valence-electron chi connectivity index (χ1n) is 13.4. The van der Waals surface area contributed by atoms with E-state index in [4.69, 9.17) is 0 Å². The first-order valence-corrected chi connectivity index (χ1v) is 13.4. The fourth-order valence-electron chi connectivity index (χ4n) is 4.70. The van der Waals surface area contributed by atoms with E-state index < -0.39 is 42.1 Å². The molecule has 212 valence electrons. The summed E-state index contributed by atoms with van der Waals surface area (Å²) in [6.45, 7) is 7.00. The third kappa shape index (κ3) is 6.84. The number of nitrogens with one attached hydrogen (secondary N) is 3. The molecule has 4 amide bonds. The summed E-state index contributed by atoms with van der Waals surface area (Å²) >= 11 is 0. The van der Waals surface area contributed by atoms with Crippen LogP contribution in [0.15, 0.2) is 48.5 Å². The smallest absolute Gasteiger partial charge is 0.289 e. The topological polar surface area (TPSA) is 131 Å². The largest absolute Gasteiger partial charge is 0.369 e. The average Bonchev–Trinajstić information content (AvgIpc) is 3.30. The highest BCUT2D eigenvalue weighted by molar-refractivity contribution is 6.37. The van der Waals surface area contributed by atoms with E-state index in [0.29, 0.717) is 12.1 Å². The van der Waals surface area contributed by atoms with E-state index in [1.165, 1.54) is 11.8 Å². The zero-order valence-corrected chi connectivity index (χ0v) is 23.1. The van der Waals surface area contributed by atoms with E-state index >= 15 is 0 Å². The van der Waals surface area contributed by atoms with Crippen LogP contribution in [0.4, 0.5) is 5.69 Å². The molecule has 0 aromatic heterocycles. The summed E-state index contributed by atoms with van der Waals surface area (Å²) in [6, 6.07) is 13.2. The number of Topliss-reactive ketones (excluding diaryl/α,β-unsaturated/α-hetero) is 1. The molecule has 2 aliphatic rings. The van der Waals surface area contributed by atoms with Crippen LogP contribution in [-0.2, 0) is 32.3 Å². The third-order valence-corrected chi connectivity index (χ3v) is 7.38. The minimum Gasteiger partial charge on any atom is -0.369 e. The van der Waals surface area contributed by atoms with Gasteiger partial charge in [0.2, 0.25) is 17.6 Å². The van der Waals surface area contributed by atoms with Crippen molar-refractivity contribution in [2.75, 3.05) is 44.7 Å². The monoisotopic (exact) mass is 548 g/mol. The maximum atomic E-state index is 12.7. The van der Waals surface area contributed by atoms with Crippen molar-refractivity contribution in [3.05, 3.63) is 65.2 Å². The van der Waals surface area contributed by atoms with Gasteiger partial charge < -0.3 is 30.7 Å². The van der Waals surface area contributed by atoms with E-state index in [9.17, 15) is 24.0 Å². The SMILES string of the molecule is CC(C(=O)N[C@@H](C)C(=O)NCC(=O)C(=O)NCc1ccc(N2CCN(C)CC2)cc1)N1Cc2ccccc2C1=O. The van der Waals surface area contributed by atoms with Gasteiger partial charge in [-0.05, 0) is 50.2 Å². The Kier molecular flexibility index (Phi) is 9.15. The highest BCUT2D eigenvalue weighted by Gasteiger charge is 2.34. The minimum atomic E-state index is -0.968. The van der Waals surface area contributed by atoms with Crippen LogP contribution in [0.3, 0.4) is 0 Å². The molecule has 11 heteroatoms. The molecule has 11 nitrogen and oxygen atoms in total. The van der Waals surface area contributed by atoms with Gasteiger partial charge in [-0.25, -0.2) is 0 Å². The van der Waals surface area contributed by atoms with Crippen molar-refractivity contribution in [2.45, 2.75) is 39.0 Å². The van der Waals surface area contributed by atoms with Gasteiger partial charge in [-0.1, -0.05) is 30.3 Å². The summed E-state index contributed by atoms with van der Waals surface area (Å²) in [5.41, 5.74) is 3.38. The third-order valence-electron chi connectivity index (χ3n) is 7.38. The molecule has 2 aromatic rings. The summed E-state index contributed by atoms with van der Waals surface area (Å²) < 4.78 is 0. The molecule has 1 unspecified atom stereocenters. The molecule has 2 atom stereocenters. The Morgan fingerprint density at radius 3 is 2.23 bits per heavy atom. The van der Waals surface area contributed by atoms with E-state index in [1.807, 2.05) is 36.4 Å². The Hall–Kier alpha value is -4.25. The summed E-state index contributed by atoms with van der Waals surface area (Å²) in [7, 11) is 2.11. The number of hydrogen-bond donors (Lipinski definition) is 3. The Bertz CT molecular complexity index is 1270. The number of nitrogens with zero attached hydrogens (tertiary/aromatic N) is 3. The van der Waals surface area contributed by atoms with E-state index in [-0.39, 0.29) is 12.5 Å². The van der Waals surface area contributed by atoms with Gasteiger partial charge in [-0.2, -0.15) is 0 Å². The lowest BCUT2D eigenvalue weighted by atomic mass is 10.1. The number of amides is 4. The maximum Gasteiger partial charge on any atom is 0.289 e. The number of ketones is 1. The Morgan fingerprint density at radius 1 is 0.875 bits per heavy atom. The van der Waals surface area contributed by atoms with Gasteiger partial charge in [0.25, 0.3) is 11.8 Å². The summed E-state index contributed by atoms with van der Waals surface area (Å²) in [5, 5.41) is 7.54. The van der Waals surface area contributed by atoms with Crippen molar-refractivity contribution < 1.29 is 24.0 Å². The minimum absolute atomic E-state index is 0.185. The zero-order chi connectivity index (χ0) is 28.8. The molecule has 0 aliphatic carbocycles. The number of rotatable bonds is 10. The van der Waals surface area contributed by atoms with Crippen LogP contribution in [-0.4, -0.2) is 91.1 Å². The summed E-state index contributed by atoms with van der Waals surface area (Å²) in [6.07, 6.45) is 0. The standard InChI is InChI=1S/C29H36N6O5/c1-19(32-27(38)20(2)35-18-22-6-4-5-7-24(22)29(35)40)26(37)31-17-25(36)28(39)30-16-21-8-10-23(11-9-21)34-14-12-33(3)13-15-34/h4-11,19-20H,12-18H2,1-3H3,(H,30,39)(H,31,37)(H,32,38)/t19-,20?/m0/s1. The predicted octanol–water partition coefficient (Wildman–Crippen LogP) is 0.289. The van der Waals surface area contributed by atoms with Crippen molar-refractivity contribution in [1.29, 1.82) is 0 Å². The van der Waals surface area contributed by atoms with Gasteiger partial charge in [0.05, 0.1) is 6.54 Å². The zero-order valence-electron chi connectivity index (χ0n) is 23.1. The quantitative estimate of drug-likeness (QED) is 0.364. The average molecular weight is 549 g/mol. The fraction of sp³-hybridized carbons (Fsp3) is 0.414. The molecule has 4 rings (SSSR count). The maximum absolute atomic E-state index is 12.7. The number of carbonyl (C=O) groups excluding carboxylic acids is 5. The molecule has 1 fully saturated rings. The number of fused-ring (bicyclic) bond motifs is 1. The number of anilines is 1. The normalized spacial score (nSPS) is 16.6. The van der Waals surface area contributed by atoms with Crippen molar-refractivity contribution in [3.8, 4) is 0 Å². The summed E-state index contributed by atoms with van der Waals surface area (Å²) in [5.74, 6) is -2.95. The van der Waals surface area contributed by atoms with Crippen LogP contribution >= 0.6 is 0 Å². The second-order valence-corrected chi connectivity index (χ2v) is 10.3. The van der Waals surface area contributed by atoms with Crippen molar-refractivity contribution in [1.82, 2.24) is 25.8 Å². The first kappa shape index (κ1) is 28.8. The molecule has 40 heavy (non-hydrogen) atoms. The van der Waals surface area contributed by atoms with Crippen LogP contribution in [0.1, 0.15) is 35.3 Å². The second kappa shape index (κ2) is 12.7. The van der Waals surface area contributed by atoms with Gasteiger partial charge in [-0.15, -0.1) is 0 Å². The molecule has 2 aliphatic heterocycles. The lowest BCUT2D eigenvalue weighted by molar-refractivity contribution is -0.138. The highest BCUT2D eigenvalue weighted by Crippen LogP contribution is 2.24. The van der Waals surface area contributed by atoms with Gasteiger partial charge in [0.15, 0.2) is 0 Å². The number of piperazine rings is 1. The van der Waals surface area contributed by atoms with Crippen LogP contribution in [0.5, 0.6) is 0 Å². The molecule has 0 bridgehead atoms. The molecule has 2 heterocycles.